The van der Waals surface area contributed by atoms with Crippen LogP contribution >= 0.6 is 11.3 Å². The van der Waals surface area contributed by atoms with Gasteiger partial charge in [-0.05, 0) is 82.1 Å². The monoisotopic (exact) mass is 840 g/mol. The van der Waals surface area contributed by atoms with Crippen molar-refractivity contribution >= 4 is 61.9 Å². The number of rotatable bonds is 14. The standard InChI is InChI=1S/C43H48N6O10S/c1-46(2)22-29-32(57-4)19-25(20-33(29)58-5)28-23-47(3)41(54)27-21-35(60-38(27)28)45-39(52)24-14-16-48(17-15-24)36(51)11-6-7-18-59-31-10-8-9-26-37(31)43(56)49(42(26)55)30-12-13-34(50)44-40(30)53/h8-10,19-21,23-24,30H,6-7,11-18,22H2,1-5H3,(H,45,52)(H,44,50,53). The number of carbonyl (C=O) groups excluding carboxylic acids is 6. The summed E-state index contributed by atoms with van der Waals surface area (Å²) in [4.78, 5) is 95.0. The fourth-order valence-electron chi connectivity index (χ4n) is 8.07. The number of methoxy groups -OCH3 is 2. The third kappa shape index (κ3) is 8.36. The second-order valence-electron chi connectivity index (χ2n) is 15.5. The van der Waals surface area contributed by atoms with Crippen LogP contribution in [0.2, 0.25) is 0 Å². The molecule has 0 radical (unpaired) electrons. The van der Waals surface area contributed by atoms with Crippen LogP contribution in [0.4, 0.5) is 5.00 Å². The summed E-state index contributed by atoms with van der Waals surface area (Å²) in [5.41, 5.74) is 2.56. The maximum absolute atomic E-state index is 13.5. The number of aromatic nitrogens is 1. The molecule has 0 saturated carbocycles. The number of hydrogen-bond acceptors (Lipinski definition) is 12. The Morgan fingerprint density at radius 2 is 1.63 bits per heavy atom. The van der Waals surface area contributed by atoms with Gasteiger partial charge in [-0.15, -0.1) is 11.3 Å². The Hall–Kier alpha value is -6.07. The number of anilines is 1. The number of nitrogens with zero attached hydrogens (tertiary/aromatic N) is 4. The van der Waals surface area contributed by atoms with E-state index in [-0.39, 0.29) is 66.0 Å². The van der Waals surface area contributed by atoms with E-state index in [0.717, 1.165) is 26.3 Å². The van der Waals surface area contributed by atoms with Crippen molar-refractivity contribution in [1.29, 1.82) is 0 Å². The van der Waals surface area contributed by atoms with Crippen LogP contribution in [0.5, 0.6) is 17.2 Å². The van der Waals surface area contributed by atoms with Crippen LogP contribution in [0.15, 0.2) is 47.4 Å². The molecule has 0 spiro atoms. The first-order valence-electron chi connectivity index (χ1n) is 19.9. The van der Waals surface area contributed by atoms with E-state index >= 15 is 0 Å². The summed E-state index contributed by atoms with van der Waals surface area (Å²) in [5.74, 6) is -1.32. The Kier molecular flexibility index (Phi) is 12.4. The van der Waals surface area contributed by atoms with Crippen LogP contribution in [0.3, 0.4) is 0 Å². The summed E-state index contributed by atoms with van der Waals surface area (Å²) in [6, 6.07) is 9.22. The van der Waals surface area contributed by atoms with Crippen LogP contribution in [-0.4, -0.2) is 109 Å². The average Bonchev–Trinajstić information content (AvgIpc) is 3.76. The van der Waals surface area contributed by atoms with Gasteiger partial charge in [-0.2, -0.15) is 0 Å². The van der Waals surface area contributed by atoms with E-state index < -0.39 is 29.7 Å². The average molecular weight is 841 g/mol. The van der Waals surface area contributed by atoms with Crippen LogP contribution in [0.25, 0.3) is 21.2 Å². The van der Waals surface area contributed by atoms with Crippen molar-refractivity contribution < 1.29 is 43.0 Å². The molecule has 1 unspecified atom stereocenters. The zero-order chi connectivity index (χ0) is 42.8. The highest BCUT2D eigenvalue weighted by molar-refractivity contribution is 7.23. The van der Waals surface area contributed by atoms with Crippen molar-refractivity contribution in [1.82, 2.24) is 24.6 Å². The second kappa shape index (κ2) is 17.6. The Morgan fingerprint density at radius 1 is 0.917 bits per heavy atom. The number of carbonyl (C=O) groups is 6. The van der Waals surface area contributed by atoms with E-state index in [1.165, 1.54) is 22.0 Å². The highest BCUT2D eigenvalue weighted by atomic mass is 32.1. The lowest BCUT2D eigenvalue weighted by atomic mass is 9.95. The van der Waals surface area contributed by atoms with Crippen molar-refractivity contribution in [3.8, 4) is 28.4 Å². The molecule has 316 valence electrons. The number of ether oxygens (including phenoxy) is 3. The normalized spacial score (nSPS) is 17.0. The lowest BCUT2D eigenvalue weighted by molar-refractivity contribution is -0.136. The fraction of sp³-hybridized carbons (Fsp3) is 0.419. The molecule has 3 aliphatic rings. The summed E-state index contributed by atoms with van der Waals surface area (Å²) in [7, 11) is 8.86. The van der Waals surface area contributed by atoms with E-state index in [1.54, 1.807) is 50.6 Å². The number of unbranched alkanes of at least 4 members (excludes halogenated alkanes) is 1. The SMILES string of the molecule is COc1cc(-c2cn(C)c(=O)c3cc(NC(=O)C4CCN(C(=O)CCCCOc5cccc6c5C(=O)N(C5CCC(=O)NC5=O)C6=O)CC4)sc23)cc(OC)c1CN(C)C. The summed E-state index contributed by atoms with van der Waals surface area (Å²) in [5, 5.41) is 6.28. The first-order valence-corrected chi connectivity index (χ1v) is 20.7. The Morgan fingerprint density at radius 3 is 2.30 bits per heavy atom. The lowest BCUT2D eigenvalue weighted by Gasteiger charge is -2.31. The lowest BCUT2D eigenvalue weighted by Crippen LogP contribution is -2.54. The number of aryl methyl sites for hydroxylation is 1. The molecule has 2 fully saturated rings. The molecule has 2 aromatic heterocycles. The predicted molar refractivity (Wildman–Crippen MR) is 223 cm³/mol. The smallest absolute Gasteiger partial charge is 0.266 e. The first kappa shape index (κ1) is 42.1. The predicted octanol–water partition coefficient (Wildman–Crippen LogP) is 4.17. The molecule has 60 heavy (non-hydrogen) atoms. The molecule has 3 aliphatic heterocycles. The molecule has 16 nitrogen and oxygen atoms in total. The maximum Gasteiger partial charge on any atom is 0.266 e. The Balaban J connectivity index is 0.911. The van der Waals surface area contributed by atoms with Crippen LogP contribution in [0.1, 0.15) is 71.2 Å². The summed E-state index contributed by atoms with van der Waals surface area (Å²) in [6.45, 7) is 1.68. The van der Waals surface area contributed by atoms with Crippen LogP contribution in [0, 0.1) is 5.92 Å². The van der Waals surface area contributed by atoms with Gasteiger partial charge < -0.3 is 33.9 Å². The summed E-state index contributed by atoms with van der Waals surface area (Å²) in [6.07, 6.45) is 4.19. The number of piperidine rings is 2. The molecule has 5 heterocycles. The summed E-state index contributed by atoms with van der Waals surface area (Å²) < 4.78 is 19.7. The van der Waals surface area contributed by atoms with E-state index in [0.29, 0.717) is 67.2 Å². The maximum atomic E-state index is 13.5. The van der Waals surface area contributed by atoms with Gasteiger partial charge in [-0.1, -0.05) is 6.07 Å². The number of benzene rings is 2. The third-order valence-corrected chi connectivity index (χ3v) is 12.3. The number of likely N-dealkylation sites (tertiary alicyclic amines) is 1. The van der Waals surface area contributed by atoms with Gasteiger partial charge in [-0.25, -0.2) is 0 Å². The molecule has 17 heteroatoms. The molecular weight excluding hydrogens is 793 g/mol. The van der Waals surface area contributed by atoms with E-state index in [4.69, 9.17) is 14.2 Å². The topological polar surface area (TPSA) is 186 Å². The van der Waals surface area contributed by atoms with Gasteiger partial charge in [-0.3, -0.25) is 43.8 Å². The minimum Gasteiger partial charge on any atom is -0.496 e. The Labute approximate surface area is 350 Å². The highest BCUT2D eigenvalue weighted by Gasteiger charge is 2.46. The van der Waals surface area contributed by atoms with Crippen molar-refractivity contribution in [2.45, 2.75) is 57.5 Å². The van der Waals surface area contributed by atoms with Gasteiger partial charge in [0.1, 0.15) is 23.3 Å². The number of amides is 6. The minimum atomic E-state index is -1.07. The molecule has 0 bridgehead atoms. The molecule has 2 aromatic carbocycles. The number of nitrogens with one attached hydrogen (secondary N) is 2. The molecule has 2 saturated heterocycles. The second-order valence-corrected chi connectivity index (χ2v) is 16.5. The fourth-order valence-corrected chi connectivity index (χ4v) is 9.15. The zero-order valence-corrected chi connectivity index (χ0v) is 35.1. The number of hydrogen-bond donors (Lipinski definition) is 2. The minimum absolute atomic E-state index is 0.0222. The molecule has 1 atom stereocenters. The summed E-state index contributed by atoms with van der Waals surface area (Å²) >= 11 is 1.34. The van der Waals surface area contributed by atoms with Crippen LogP contribution < -0.4 is 30.4 Å². The number of fused-ring (bicyclic) bond motifs is 2. The molecule has 0 aliphatic carbocycles. The molecule has 2 N–H and O–H groups in total. The van der Waals surface area contributed by atoms with Gasteiger partial charge in [0.05, 0.1) is 52.6 Å². The van der Waals surface area contributed by atoms with E-state index in [1.807, 2.05) is 31.1 Å². The number of imide groups is 2. The molecular formula is C43H48N6O10S. The van der Waals surface area contributed by atoms with Gasteiger partial charge in [0.15, 0.2) is 0 Å². The molecule has 4 aromatic rings. The van der Waals surface area contributed by atoms with E-state index in [2.05, 4.69) is 10.6 Å². The van der Waals surface area contributed by atoms with Gasteiger partial charge in [0.2, 0.25) is 23.6 Å². The zero-order valence-electron chi connectivity index (χ0n) is 34.3. The Bertz CT molecular complexity index is 2420. The third-order valence-electron chi connectivity index (χ3n) is 11.2. The quantitative estimate of drug-likeness (QED) is 0.137. The first-order chi connectivity index (χ1) is 28.8. The highest BCUT2D eigenvalue weighted by Crippen LogP contribution is 2.41. The van der Waals surface area contributed by atoms with Crippen molar-refractivity contribution in [2.75, 3.05) is 53.3 Å². The molecule has 6 amide bonds. The van der Waals surface area contributed by atoms with Crippen LogP contribution in [-0.2, 0) is 32.8 Å². The van der Waals surface area contributed by atoms with Gasteiger partial charge in [0.25, 0.3) is 17.4 Å². The van der Waals surface area contributed by atoms with Crippen molar-refractivity contribution in [2.24, 2.45) is 13.0 Å². The van der Waals surface area contributed by atoms with Gasteiger partial charge >= 0.3 is 0 Å². The molecule has 7 rings (SSSR count). The van der Waals surface area contributed by atoms with Crippen molar-refractivity contribution in [3.63, 3.8) is 0 Å². The van der Waals surface area contributed by atoms with Crippen molar-refractivity contribution in [3.05, 3.63) is 69.6 Å². The number of thiophene rings is 1. The van der Waals surface area contributed by atoms with E-state index in [9.17, 15) is 33.6 Å². The largest absolute Gasteiger partial charge is 0.496 e. The number of pyridine rings is 1. The van der Waals surface area contributed by atoms with Gasteiger partial charge in [0, 0.05) is 57.2 Å².